The summed E-state index contributed by atoms with van der Waals surface area (Å²) in [5, 5.41) is 7.77. The zero-order chi connectivity index (χ0) is 14.5. The molecule has 0 aliphatic heterocycles. The number of benzene rings is 1. The Morgan fingerprint density at radius 2 is 2.00 bits per heavy atom. The highest BCUT2D eigenvalue weighted by molar-refractivity contribution is 7.80. The molecule has 0 aliphatic rings. The van der Waals surface area contributed by atoms with E-state index in [2.05, 4.69) is 35.8 Å². The lowest BCUT2D eigenvalue weighted by Gasteiger charge is -2.11. The number of anilines is 1. The van der Waals surface area contributed by atoms with Crippen LogP contribution in [0, 0.1) is 13.8 Å². The maximum Gasteiger partial charge on any atom is 0.191 e. The van der Waals surface area contributed by atoms with Crippen molar-refractivity contribution >= 4 is 28.7 Å². The minimum atomic E-state index is 0.449. The number of hydrogen-bond donors (Lipinski definition) is 2. The number of hydrogen-bond acceptors (Lipinski definition) is 3. The van der Waals surface area contributed by atoms with Gasteiger partial charge in [0.2, 0.25) is 0 Å². The molecule has 0 aliphatic carbocycles. The number of nitrogens with one attached hydrogen (secondary N) is 2. The second-order valence-electron chi connectivity index (χ2n) is 4.49. The number of aryl methyl sites for hydroxylation is 1. The van der Waals surface area contributed by atoms with Crippen LogP contribution in [0.4, 0.5) is 5.69 Å². The highest BCUT2D eigenvalue weighted by Crippen LogP contribution is 2.17. The topological polar surface area (TPSA) is 49.6 Å². The van der Waals surface area contributed by atoms with Gasteiger partial charge in [0, 0.05) is 5.69 Å². The zero-order valence-corrected chi connectivity index (χ0v) is 12.5. The average molecular weight is 287 g/mol. The molecule has 2 aromatic rings. The number of hydrazone groups is 1. The first kappa shape index (κ1) is 14.3. The van der Waals surface area contributed by atoms with Crippen molar-refractivity contribution in [3.05, 3.63) is 53.5 Å². The van der Waals surface area contributed by atoms with E-state index >= 15 is 0 Å². The molecule has 0 saturated heterocycles. The van der Waals surface area contributed by atoms with E-state index in [1.807, 2.05) is 31.2 Å². The summed E-state index contributed by atoms with van der Waals surface area (Å²) in [6, 6.07) is 9.71. The van der Waals surface area contributed by atoms with Crippen LogP contribution in [0.2, 0.25) is 0 Å². The lowest BCUT2D eigenvalue weighted by atomic mass is 10.1. The van der Waals surface area contributed by atoms with Crippen LogP contribution in [0.15, 0.2) is 46.1 Å². The predicted octanol–water partition coefficient (Wildman–Crippen LogP) is 3.61. The molecule has 20 heavy (non-hydrogen) atoms. The fourth-order valence-corrected chi connectivity index (χ4v) is 1.87. The van der Waals surface area contributed by atoms with Crippen LogP contribution < -0.4 is 10.7 Å². The molecular formula is C15H17N3OS. The molecule has 0 saturated carbocycles. The number of furan rings is 1. The minimum absolute atomic E-state index is 0.449. The van der Waals surface area contributed by atoms with Gasteiger partial charge in [-0.2, -0.15) is 5.10 Å². The Balaban J connectivity index is 1.99. The van der Waals surface area contributed by atoms with Gasteiger partial charge in [0.05, 0.1) is 6.26 Å². The summed E-state index contributed by atoms with van der Waals surface area (Å²) in [7, 11) is 0. The first-order chi connectivity index (χ1) is 9.58. The van der Waals surface area contributed by atoms with Crippen LogP contribution >= 0.6 is 12.2 Å². The summed E-state index contributed by atoms with van der Waals surface area (Å²) in [6.45, 7) is 5.97. The molecule has 1 aromatic heterocycles. The summed E-state index contributed by atoms with van der Waals surface area (Å²) in [6.07, 6.45) is 1.61. The van der Waals surface area contributed by atoms with Crippen LogP contribution in [0.1, 0.15) is 23.8 Å². The molecule has 1 heterocycles. The van der Waals surface area contributed by atoms with E-state index in [1.54, 1.807) is 6.26 Å². The van der Waals surface area contributed by atoms with Crippen molar-refractivity contribution < 1.29 is 4.42 Å². The van der Waals surface area contributed by atoms with E-state index in [0.717, 1.165) is 11.4 Å². The lowest BCUT2D eigenvalue weighted by molar-refractivity contribution is 0.556. The Labute approximate surface area is 123 Å². The zero-order valence-electron chi connectivity index (χ0n) is 11.7. The van der Waals surface area contributed by atoms with Crippen molar-refractivity contribution in [1.82, 2.24) is 5.43 Å². The molecule has 2 rings (SSSR count). The molecule has 0 bridgehead atoms. The van der Waals surface area contributed by atoms with Gasteiger partial charge >= 0.3 is 0 Å². The second-order valence-corrected chi connectivity index (χ2v) is 4.90. The van der Waals surface area contributed by atoms with Gasteiger partial charge < -0.3 is 9.73 Å². The molecule has 0 spiro atoms. The maximum atomic E-state index is 5.25. The van der Waals surface area contributed by atoms with Gasteiger partial charge in [-0.05, 0) is 62.3 Å². The molecule has 0 radical (unpaired) electrons. The monoisotopic (exact) mass is 287 g/mol. The summed E-state index contributed by atoms with van der Waals surface area (Å²) in [5.41, 5.74) is 6.92. The molecule has 5 heteroatoms. The van der Waals surface area contributed by atoms with Crippen molar-refractivity contribution in [2.45, 2.75) is 20.8 Å². The summed E-state index contributed by atoms with van der Waals surface area (Å²) in [5.74, 6) is 0.715. The first-order valence-electron chi connectivity index (χ1n) is 6.29. The average Bonchev–Trinajstić information content (AvgIpc) is 2.95. The normalized spacial score (nSPS) is 11.2. The summed E-state index contributed by atoms with van der Waals surface area (Å²) in [4.78, 5) is 0. The Hall–Kier alpha value is -2.14. The number of rotatable bonds is 3. The second kappa shape index (κ2) is 6.34. The molecule has 0 amide bonds. The van der Waals surface area contributed by atoms with Crippen molar-refractivity contribution in [2.75, 3.05) is 5.32 Å². The highest BCUT2D eigenvalue weighted by Gasteiger charge is 2.03. The van der Waals surface area contributed by atoms with E-state index in [-0.39, 0.29) is 0 Å². The van der Waals surface area contributed by atoms with Gasteiger partial charge in [-0.3, -0.25) is 5.43 Å². The third-order valence-corrected chi connectivity index (χ3v) is 3.25. The molecule has 104 valence electrons. The fraction of sp³-hybridized carbons (Fsp3) is 0.200. The predicted molar refractivity (Wildman–Crippen MR) is 86.2 cm³/mol. The Kier molecular flexibility index (Phi) is 4.53. The quantitative estimate of drug-likeness (QED) is 0.514. The maximum absolute atomic E-state index is 5.25. The molecule has 0 atom stereocenters. The Bertz CT molecular complexity index is 633. The van der Waals surface area contributed by atoms with E-state index in [4.69, 9.17) is 16.6 Å². The van der Waals surface area contributed by atoms with Gasteiger partial charge in [-0.25, -0.2) is 0 Å². The molecule has 0 fully saturated rings. The number of nitrogens with zero attached hydrogens (tertiary/aromatic N) is 1. The fourth-order valence-electron chi connectivity index (χ4n) is 1.71. The van der Waals surface area contributed by atoms with E-state index in [0.29, 0.717) is 10.9 Å². The highest BCUT2D eigenvalue weighted by atomic mass is 32.1. The van der Waals surface area contributed by atoms with Crippen molar-refractivity contribution in [3.63, 3.8) is 0 Å². The van der Waals surface area contributed by atoms with Crippen LogP contribution in [0.3, 0.4) is 0 Å². The minimum Gasteiger partial charge on any atom is -0.463 e. The molecule has 1 aromatic carbocycles. The van der Waals surface area contributed by atoms with Crippen molar-refractivity contribution in [2.24, 2.45) is 5.10 Å². The van der Waals surface area contributed by atoms with Crippen molar-refractivity contribution in [3.8, 4) is 0 Å². The van der Waals surface area contributed by atoms with Crippen molar-refractivity contribution in [1.29, 1.82) is 0 Å². The van der Waals surface area contributed by atoms with Crippen LogP contribution in [-0.2, 0) is 0 Å². The van der Waals surface area contributed by atoms with Crippen LogP contribution in [-0.4, -0.2) is 10.8 Å². The van der Waals surface area contributed by atoms with Crippen LogP contribution in [0.5, 0.6) is 0 Å². The van der Waals surface area contributed by atoms with E-state index < -0.39 is 0 Å². The largest absolute Gasteiger partial charge is 0.463 e. The van der Waals surface area contributed by atoms with E-state index in [9.17, 15) is 0 Å². The molecule has 0 unspecified atom stereocenters. The number of thiocarbonyl (C=S) groups is 1. The summed E-state index contributed by atoms with van der Waals surface area (Å²) < 4.78 is 5.25. The smallest absolute Gasteiger partial charge is 0.191 e. The van der Waals surface area contributed by atoms with E-state index in [1.165, 1.54) is 11.1 Å². The lowest BCUT2D eigenvalue weighted by Crippen LogP contribution is -2.25. The molecule has 2 N–H and O–H groups in total. The molecular weight excluding hydrogens is 270 g/mol. The third kappa shape index (κ3) is 3.45. The van der Waals surface area contributed by atoms with Gasteiger partial charge in [-0.15, -0.1) is 0 Å². The van der Waals surface area contributed by atoms with Gasteiger partial charge in [-0.1, -0.05) is 12.1 Å². The Morgan fingerprint density at radius 1 is 1.20 bits per heavy atom. The SMILES string of the molecule is CC(=NNC(=S)Nc1cccc(C)c1C)c1ccco1. The first-order valence-corrected chi connectivity index (χ1v) is 6.70. The van der Waals surface area contributed by atoms with Gasteiger partial charge in [0.1, 0.15) is 11.5 Å². The van der Waals surface area contributed by atoms with Gasteiger partial charge in [0.15, 0.2) is 5.11 Å². The Morgan fingerprint density at radius 3 is 2.70 bits per heavy atom. The van der Waals surface area contributed by atoms with Crippen LogP contribution in [0.25, 0.3) is 0 Å². The summed E-state index contributed by atoms with van der Waals surface area (Å²) >= 11 is 5.23. The standard InChI is InChI=1S/C15H17N3OS/c1-10-6-4-7-13(11(10)2)16-15(20)18-17-12(3)14-8-5-9-19-14/h4-9H,1-3H3,(H2,16,18,20). The van der Waals surface area contributed by atoms with Gasteiger partial charge in [0.25, 0.3) is 0 Å². The third-order valence-electron chi connectivity index (χ3n) is 3.06. The molecule has 4 nitrogen and oxygen atoms in total.